The molecule has 0 amide bonds. The van der Waals surface area contributed by atoms with Crippen molar-refractivity contribution in [3.8, 4) is 0 Å². The topological polar surface area (TPSA) is 101 Å². The summed E-state index contributed by atoms with van der Waals surface area (Å²) in [6.45, 7) is 0.100. The maximum atomic E-state index is 12.2. The van der Waals surface area contributed by atoms with Crippen LogP contribution in [-0.4, -0.2) is 29.3 Å². The van der Waals surface area contributed by atoms with E-state index in [0.29, 0.717) is 0 Å². The molecular formula is C12H12BrN3O4S. The highest BCUT2D eigenvalue weighted by Gasteiger charge is 2.19. The maximum Gasteiger partial charge on any atom is 0.335 e. The zero-order valence-electron chi connectivity index (χ0n) is 10.9. The number of carboxylic acids is 1. The Bertz CT molecular complexity index is 786. The van der Waals surface area contributed by atoms with Gasteiger partial charge in [-0.05, 0) is 34.1 Å². The summed E-state index contributed by atoms with van der Waals surface area (Å²) in [6, 6.07) is 3.74. The smallest absolute Gasteiger partial charge is 0.335 e. The first kappa shape index (κ1) is 15.7. The van der Waals surface area contributed by atoms with Gasteiger partial charge < -0.3 is 5.11 Å². The van der Waals surface area contributed by atoms with Crippen LogP contribution < -0.4 is 4.72 Å². The Morgan fingerprint density at radius 2 is 2.19 bits per heavy atom. The third-order valence-corrected chi connectivity index (χ3v) is 5.07. The molecule has 1 aromatic heterocycles. The standard InChI is InChI=1S/C12H12BrN3O4S/c1-16-7-8(5-14-16)6-15-21(19,20)11-3-2-9(12(17)18)4-10(11)13/h2-5,7,15H,6H2,1H3,(H,17,18). The van der Waals surface area contributed by atoms with Crippen LogP contribution in [0.15, 0.2) is 40.0 Å². The van der Waals surface area contributed by atoms with Gasteiger partial charge in [0.25, 0.3) is 0 Å². The van der Waals surface area contributed by atoms with Crippen LogP contribution in [0, 0.1) is 0 Å². The summed E-state index contributed by atoms with van der Waals surface area (Å²) in [7, 11) is -2.01. The molecule has 0 aliphatic heterocycles. The lowest BCUT2D eigenvalue weighted by Crippen LogP contribution is -2.23. The molecule has 1 heterocycles. The van der Waals surface area contributed by atoms with E-state index in [-0.39, 0.29) is 21.5 Å². The minimum Gasteiger partial charge on any atom is -0.478 e. The Morgan fingerprint density at radius 3 is 2.71 bits per heavy atom. The number of aromatic carboxylic acids is 1. The highest BCUT2D eigenvalue weighted by Crippen LogP contribution is 2.23. The van der Waals surface area contributed by atoms with Crippen molar-refractivity contribution in [1.29, 1.82) is 0 Å². The lowest BCUT2D eigenvalue weighted by atomic mass is 10.2. The van der Waals surface area contributed by atoms with Crippen LogP contribution in [-0.2, 0) is 23.6 Å². The van der Waals surface area contributed by atoms with E-state index in [4.69, 9.17) is 5.11 Å². The first-order valence-electron chi connectivity index (χ1n) is 5.79. The van der Waals surface area contributed by atoms with Crippen LogP contribution in [0.4, 0.5) is 0 Å². The molecule has 0 atom stereocenters. The SMILES string of the molecule is Cn1cc(CNS(=O)(=O)c2ccc(C(=O)O)cc2Br)cn1. The lowest BCUT2D eigenvalue weighted by Gasteiger charge is -2.08. The first-order valence-corrected chi connectivity index (χ1v) is 8.07. The maximum absolute atomic E-state index is 12.2. The minimum absolute atomic E-state index is 0.00749. The summed E-state index contributed by atoms with van der Waals surface area (Å²) >= 11 is 3.08. The molecule has 7 nitrogen and oxygen atoms in total. The van der Waals surface area contributed by atoms with Gasteiger partial charge in [0, 0.05) is 29.8 Å². The van der Waals surface area contributed by atoms with Crippen molar-refractivity contribution in [3.63, 3.8) is 0 Å². The molecule has 2 rings (SSSR count). The van der Waals surface area contributed by atoms with Gasteiger partial charge in [0.05, 0.1) is 16.7 Å². The summed E-state index contributed by atoms with van der Waals surface area (Å²) < 4.78 is 28.6. The number of sulfonamides is 1. The summed E-state index contributed by atoms with van der Waals surface area (Å²) in [5.41, 5.74) is 0.729. The molecule has 2 N–H and O–H groups in total. The second kappa shape index (κ2) is 5.96. The molecule has 2 aromatic rings. The van der Waals surface area contributed by atoms with Crippen LogP contribution in [0.1, 0.15) is 15.9 Å². The molecule has 0 saturated carbocycles. The van der Waals surface area contributed by atoms with E-state index in [9.17, 15) is 13.2 Å². The fourth-order valence-corrected chi connectivity index (χ4v) is 3.76. The molecule has 0 spiro atoms. The Morgan fingerprint density at radius 1 is 1.48 bits per heavy atom. The van der Waals surface area contributed by atoms with Crippen molar-refractivity contribution in [3.05, 3.63) is 46.2 Å². The summed E-state index contributed by atoms with van der Waals surface area (Å²) in [6.07, 6.45) is 3.26. The molecule has 112 valence electrons. The van der Waals surface area contributed by atoms with Crippen molar-refractivity contribution in [2.75, 3.05) is 0 Å². The average molecular weight is 374 g/mol. The van der Waals surface area contributed by atoms with Gasteiger partial charge in [0.1, 0.15) is 0 Å². The molecule has 21 heavy (non-hydrogen) atoms. The van der Waals surface area contributed by atoms with Gasteiger partial charge in [-0.2, -0.15) is 5.10 Å². The second-order valence-corrected chi connectivity index (χ2v) is 6.89. The number of hydrogen-bond donors (Lipinski definition) is 2. The van der Waals surface area contributed by atoms with Crippen LogP contribution in [0.3, 0.4) is 0 Å². The van der Waals surface area contributed by atoms with E-state index in [0.717, 1.165) is 5.56 Å². The van der Waals surface area contributed by atoms with Gasteiger partial charge in [-0.15, -0.1) is 0 Å². The number of hydrogen-bond acceptors (Lipinski definition) is 4. The van der Waals surface area contributed by atoms with Gasteiger partial charge in [0.15, 0.2) is 0 Å². The van der Waals surface area contributed by atoms with Crippen molar-refractivity contribution >= 4 is 31.9 Å². The van der Waals surface area contributed by atoms with E-state index < -0.39 is 16.0 Å². The van der Waals surface area contributed by atoms with Gasteiger partial charge in [-0.3, -0.25) is 4.68 Å². The van der Waals surface area contributed by atoms with E-state index in [1.807, 2.05) is 0 Å². The Kier molecular flexibility index (Phi) is 4.45. The fourth-order valence-electron chi connectivity index (χ4n) is 1.67. The monoisotopic (exact) mass is 373 g/mol. The molecule has 0 unspecified atom stereocenters. The molecule has 0 aliphatic rings. The summed E-state index contributed by atoms with van der Waals surface area (Å²) in [4.78, 5) is 10.8. The number of aryl methyl sites for hydroxylation is 1. The zero-order chi connectivity index (χ0) is 15.6. The predicted octanol–water partition coefficient (Wildman–Crippen LogP) is 1.36. The third kappa shape index (κ3) is 3.69. The van der Waals surface area contributed by atoms with E-state index in [2.05, 4.69) is 25.8 Å². The van der Waals surface area contributed by atoms with E-state index in [1.165, 1.54) is 18.2 Å². The predicted molar refractivity (Wildman–Crippen MR) is 78.3 cm³/mol. The van der Waals surface area contributed by atoms with Crippen molar-refractivity contribution in [2.45, 2.75) is 11.4 Å². The largest absolute Gasteiger partial charge is 0.478 e. The molecule has 1 aromatic carbocycles. The van der Waals surface area contributed by atoms with Crippen LogP contribution in [0.5, 0.6) is 0 Å². The van der Waals surface area contributed by atoms with E-state index >= 15 is 0 Å². The molecular weight excluding hydrogens is 362 g/mol. The zero-order valence-corrected chi connectivity index (χ0v) is 13.3. The molecule has 0 fully saturated rings. The highest BCUT2D eigenvalue weighted by molar-refractivity contribution is 9.10. The number of carboxylic acid groups (broad SMARTS) is 1. The Labute approximate surface area is 129 Å². The van der Waals surface area contributed by atoms with Gasteiger partial charge in [0.2, 0.25) is 10.0 Å². The summed E-state index contributed by atoms with van der Waals surface area (Å²) in [5.74, 6) is -1.12. The van der Waals surface area contributed by atoms with Crippen molar-refractivity contribution in [2.24, 2.45) is 7.05 Å². The number of carbonyl (C=O) groups is 1. The first-order chi connectivity index (χ1) is 9.79. The third-order valence-electron chi connectivity index (χ3n) is 2.69. The number of benzene rings is 1. The number of aromatic nitrogens is 2. The van der Waals surface area contributed by atoms with Gasteiger partial charge in [-0.25, -0.2) is 17.9 Å². The molecule has 0 bridgehead atoms. The fraction of sp³-hybridized carbons (Fsp3) is 0.167. The molecule has 0 radical (unpaired) electrons. The van der Waals surface area contributed by atoms with Crippen molar-refractivity contribution in [1.82, 2.24) is 14.5 Å². The van der Waals surface area contributed by atoms with Crippen LogP contribution in [0.2, 0.25) is 0 Å². The second-order valence-electron chi connectivity index (χ2n) is 4.30. The average Bonchev–Trinajstić information content (AvgIpc) is 2.82. The number of nitrogens with zero attached hydrogens (tertiary/aromatic N) is 2. The van der Waals surface area contributed by atoms with Crippen LogP contribution in [0.25, 0.3) is 0 Å². The van der Waals surface area contributed by atoms with Gasteiger partial charge >= 0.3 is 5.97 Å². The summed E-state index contributed by atoms with van der Waals surface area (Å²) in [5, 5.41) is 12.8. The number of rotatable bonds is 5. The molecule has 9 heteroatoms. The van der Waals surface area contributed by atoms with Crippen molar-refractivity contribution < 1.29 is 18.3 Å². The van der Waals surface area contributed by atoms with Crippen LogP contribution >= 0.6 is 15.9 Å². The van der Waals surface area contributed by atoms with E-state index in [1.54, 1.807) is 24.1 Å². The minimum atomic E-state index is -3.75. The quantitative estimate of drug-likeness (QED) is 0.823. The Balaban J connectivity index is 2.21. The Hall–Kier alpha value is -1.71. The highest BCUT2D eigenvalue weighted by atomic mass is 79.9. The molecule has 0 saturated heterocycles. The normalized spacial score (nSPS) is 11.5. The lowest BCUT2D eigenvalue weighted by molar-refractivity contribution is 0.0696. The number of halogens is 1. The number of nitrogens with one attached hydrogen (secondary N) is 1. The van der Waals surface area contributed by atoms with Gasteiger partial charge in [-0.1, -0.05) is 0 Å². The molecule has 0 aliphatic carbocycles.